The molecule has 1 aliphatic rings. The number of hydrogen-bond donors (Lipinski definition) is 1. The zero-order valence-corrected chi connectivity index (χ0v) is 20.6. The largest absolute Gasteiger partial charge is 0.508 e. The van der Waals surface area contributed by atoms with E-state index >= 15 is 0 Å². The lowest BCUT2D eigenvalue weighted by Gasteiger charge is -2.40. The lowest BCUT2D eigenvalue weighted by molar-refractivity contribution is -0.132. The topological polar surface area (TPSA) is 74.0 Å². The molecule has 1 saturated heterocycles. The average molecular weight is 483 g/mol. The van der Waals surface area contributed by atoms with Crippen LogP contribution in [0.2, 0.25) is 0 Å². The minimum atomic E-state index is -0.520. The maximum atomic E-state index is 13.2. The maximum Gasteiger partial charge on any atom is 0.340 e. The van der Waals surface area contributed by atoms with Gasteiger partial charge in [0.1, 0.15) is 11.3 Å². The first-order valence-corrected chi connectivity index (χ1v) is 12.3. The van der Waals surface area contributed by atoms with Gasteiger partial charge in [-0.2, -0.15) is 0 Å². The van der Waals surface area contributed by atoms with Gasteiger partial charge in [-0.05, 0) is 42.7 Å². The molecule has 0 spiro atoms. The van der Waals surface area contributed by atoms with Crippen LogP contribution in [-0.2, 0) is 11.2 Å². The molecule has 184 valence electrons. The molecule has 1 fully saturated rings. The van der Waals surface area contributed by atoms with Crippen molar-refractivity contribution in [3.8, 4) is 5.75 Å². The van der Waals surface area contributed by atoms with Gasteiger partial charge in [0.15, 0.2) is 0 Å². The van der Waals surface area contributed by atoms with Crippen LogP contribution in [0.15, 0.2) is 82.0 Å². The number of benzene rings is 3. The molecular weight excluding hydrogens is 452 g/mol. The molecule has 4 aromatic rings. The van der Waals surface area contributed by atoms with Crippen LogP contribution in [0.5, 0.6) is 5.75 Å². The number of piperazine rings is 1. The van der Waals surface area contributed by atoms with Crippen molar-refractivity contribution in [3.63, 3.8) is 0 Å². The first-order valence-electron chi connectivity index (χ1n) is 12.3. The van der Waals surface area contributed by atoms with Crippen molar-refractivity contribution in [2.24, 2.45) is 0 Å². The first-order chi connectivity index (χ1) is 17.4. The Hall–Kier alpha value is -3.90. The van der Waals surface area contributed by atoms with E-state index in [0.717, 1.165) is 24.0 Å². The molecule has 0 radical (unpaired) electrons. The number of phenolic OH excluding ortho intramolecular Hbond substituents is 1. The number of carbonyl (C=O) groups excluding carboxylic acids is 1. The minimum absolute atomic E-state index is 0.00479. The van der Waals surface area contributed by atoms with Crippen LogP contribution in [-0.4, -0.2) is 47.0 Å². The smallest absolute Gasteiger partial charge is 0.340 e. The molecule has 3 aromatic carbocycles. The van der Waals surface area contributed by atoms with E-state index in [2.05, 4.69) is 53.4 Å². The standard InChI is InChI=1S/C30H30N2O4/c1-20-24-13-14-26(33)21(2)29(24)36-30(35)25(20)19-27(34)31-15-17-32(18-16-31)28(22-9-5-3-6-10-22)23-11-7-4-8-12-23/h3-14,28,33H,15-19H2,1-2H3. The number of amides is 1. The van der Waals surface area contributed by atoms with Gasteiger partial charge >= 0.3 is 5.63 Å². The molecule has 0 saturated carbocycles. The molecule has 2 heterocycles. The fraction of sp³-hybridized carbons (Fsp3) is 0.267. The highest BCUT2D eigenvalue weighted by molar-refractivity contribution is 5.87. The third-order valence-electron chi connectivity index (χ3n) is 7.27. The summed E-state index contributed by atoms with van der Waals surface area (Å²) in [5.41, 5.74) is 3.94. The van der Waals surface area contributed by atoms with E-state index in [0.29, 0.717) is 29.8 Å². The van der Waals surface area contributed by atoms with Gasteiger partial charge in [-0.3, -0.25) is 9.69 Å². The van der Waals surface area contributed by atoms with Crippen LogP contribution in [0.1, 0.15) is 33.9 Å². The summed E-state index contributed by atoms with van der Waals surface area (Å²) in [7, 11) is 0. The van der Waals surface area contributed by atoms with Crippen LogP contribution >= 0.6 is 0 Å². The van der Waals surface area contributed by atoms with E-state index in [1.807, 2.05) is 24.0 Å². The van der Waals surface area contributed by atoms with Crippen molar-refractivity contribution in [3.05, 3.63) is 111 Å². The van der Waals surface area contributed by atoms with Crippen LogP contribution in [0, 0.1) is 13.8 Å². The SMILES string of the molecule is Cc1c(CC(=O)N2CCN(C(c3ccccc3)c3ccccc3)CC2)c(=O)oc2c(C)c(O)ccc12. The van der Waals surface area contributed by atoms with Crippen molar-refractivity contribution in [2.45, 2.75) is 26.3 Å². The van der Waals surface area contributed by atoms with Gasteiger partial charge in [0, 0.05) is 37.1 Å². The summed E-state index contributed by atoms with van der Waals surface area (Å²) in [4.78, 5) is 30.3. The normalized spacial score (nSPS) is 14.5. The molecule has 5 rings (SSSR count). The zero-order chi connectivity index (χ0) is 25.2. The monoisotopic (exact) mass is 482 g/mol. The molecule has 36 heavy (non-hydrogen) atoms. The van der Waals surface area contributed by atoms with Crippen molar-refractivity contribution < 1.29 is 14.3 Å². The molecule has 0 bridgehead atoms. The molecule has 1 amide bonds. The highest BCUT2D eigenvalue weighted by Gasteiger charge is 2.29. The Kier molecular flexibility index (Phi) is 6.61. The summed E-state index contributed by atoms with van der Waals surface area (Å²) in [5.74, 6) is 0.00642. The number of aromatic hydroxyl groups is 1. The predicted octanol–water partition coefficient (Wildman–Crippen LogP) is 4.59. The summed E-state index contributed by atoms with van der Waals surface area (Å²) in [5, 5.41) is 10.7. The van der Waals surface area contributed by atoms with Gasteiger partial charge in [0.05, 0.1) is 18.0 Å². The molecule has 6 heteroatoms. The number of aryl methyl sites for hydroxylation is 2. The average Bonchev–Trinajstić information content (AvgIpc) is 2.91. The van der Waals surface area contributed by atoms with E-state index in [1.54, 1.807) is 19.1 Å². The van der Waals surface area contributed by atoms with Gasteiger partial charge in [-0.1, -0.05) is 60.7 Å². The minimum Gasteiger partial charge on any atom is -0.508 e. The van der Waals surface area contributed by atoms with Gasteiger partial charge in [0.25, 0.3) is 0 Å². The number of phenols is 1. The first kappa shape index (κ1) is 23.8. The van der Waals surface area contributed by atoms with Gasteiger partial charge in [-0.15, -0.1) is 0 Å². The molecule has 0 atom stereocenters. The molecule has 1 aliphatic heterocycles. The Balaban J connectivity index is 1.33. The Labute approximate surface area is 210 Å². The van der Waals surface area contributed by atoms with Crippen LogP contribution < -0.4 is 5.63 Å². The lowest BCUT2D eigenvalue weighted by Crippen LogP contribution is -2.50. The number of rotatable bonds is 5. The Morgan fingerprint density at radius 3 is 2.03 bits per heavy atom. The molecular formula is C30H30N2O4. The summed E-state index contributed by atoms with van der Waals surface area (Å²) in [6.45, 7) is 6.22. The van der Waals surface area contributed by atoms with Gasteiger partial charge < -0.3 is 14.4 Å². The van der Waals surface area contributed by atoms with Crippen molar-refractivity contribution in [1.82, 2.24) is 9.80 Å². The Morgan fingerprint density at radius 1 is 0.861 bits per heavy atom. The number of nitrogens with zero attached hydrogens (tertiary/aromatic N) is 2. The van der Waals surface area contributed by atoms with Crippen molar-refractivity contribution >= 4 is 16.9 Å². The molecule has 0 aliphatic carbocycles. The van der Waals surface area contributed by atoms with Crippen LogP contribution in [0.4, 0.5) is 0 Å². The maximum absolute atomic E-state index is 13.2. The summed E-state index contributed by atoms with van der Waals surface area (Å²) in [6, 6.07) is 24.3. The van der Waals surface area contributed by atoms with E-state index in [9.17, 15) is 14.7 Å². The molecule has 1 aromatic heterocycles. The van der Waals surface area contributed by atoms with E-state index in [1.165, 1.54) is 11.1 Å². The quantitative estimate of drug-likeness (QED) is 0.421. The van der Waals surface area contributed by atoms with E-state index in [4.69, 9.17) is 4.42 Å². The highest BCUT2D eigenvalue weighted by atomic mass is 16.4. The number of carbonyl (C=O) groups is 1. The third kappa shape index (κ3) is 4.52. The van der Waals surface area contributed by atoms with Crippen molar-refractivity contribution in [1.29, 1.82) is 0 Å². The number of fused-ring (bicyclic) bond motifs is 1. The second-order valence-electron chi connectivity index (χ2n) is 9.40. The van der Waals surface area contributed by atoms with Crippen molar-refractivity contribution in [2.75, 3.05) is 26.2 Å². The van der Waals surface area contributed by atoms with Crippen LogP contribution in [0.3, 0.4) is 0 Å². The Bertz CT molecular complexity index is 1400. The Morgan fingerprint density at radius 2 is 1.44 bits per heavy atom. The van der Waals surface area contributed by atoms with Crippen LogP contribution in [0.25, 0.3) is 11.0 Å². The predicted molar refractivity (Wildman–Crippen MR) is 140 cm³/mol. The summed E-state index contributed by atoms with van der Waals surface area (Å²) >= 11 is 0. The highest BCUT2D eigenvalue weighted by Crippen LogP contribution is 2.30. The second kappa shape index (κ2) is 9.99. The fourth-order valence-electron chi connectivity index (χ4n) is 5.16. The summed E-state index contributed by atoms with van der Waals surface area (Å²) in [6.07, 6.45) is 0.00479. The molecule has 1 N–H and O–H groups in total. The second-order valence-corrected chi connectivity index (χ2v) is 9.40. The zero-order valence-electron chi connectivity index (χ0n) is 20.6. The fourth-order valence-corrected chi connectivity index (χ4v) is 5.16. The van der Waals surface area contributed by atoms with Gasteiger partial charge in [0.2, 0.25) is 5.91 Å². The number of hydrogen-bond acceptors (Lipinski definition) is 5. The van der Waals surface area contributed by atoms with E-state index in [-0.39, 0.29) is 24.1 Å². The lowest BCUT2D eigenvalue weighted by atomic mass is 9.96. The third-order valence-corrected chi connectivity index (χ3v) is 7.27. The summed E-state index contributed by atoms with van der Waals surface area (Å²) < 4.78 is 5.53. The molecule has 0 unspecified atom stereocenters. The van der Waals surface area contributed by atoms with Gasteiger partial charge in [-0.25, -0.2) is 4.79 Å². The molecule has 6 nitrogen and oxygen atoms in total. The van der Waals surface area contributed by atoms with E-state index < -0.39 is 5.63 Å².